The Labute approximate surface area is 137 Å². The molecule has 0 saturated heterocycles. The Bertz CT molecular complexity index is 727. The Hall–Kier alpha value is -2.21. The molecule has 23 heavy (non-hydrogen) atoms. The first-order valence-corrected chi connectivity index (χ1v) is 7.24. The lowest BCUT2D eigenvalue weighted by Crippen LogP contribution is -2.22. The zero-order valence-electron chi connectivity index (χ0n) is 12.3. The number of nitrogens with zero attached hydrogens (tertiary/aromatic N) is 1. The quantitative estimate of drug-likeness (QED) is 0.611. The fraction of sp³-hybridized carbons (Fsp3) is 0.188. The number of aryl methyl sites for hydroxylation is 1. The van der Waals surface area contributed by atoms with Gasteiger partial charge >= 0.3 is 6.18 Å². The predicted octanol–water partition coefficient (Wildman–Crippen LogP) is 4.98. The van der Waals surface area contributed by atoms with Gasteiger partial charge < -0.3 is 11.1 Å². The van der Waals surface area contributed by atoms with Crippen molar-refractivity contribution in [2.45, 2.75) is 19.5 Å². The zero-order chi connectivity index (χ0) is 17.0. The molecule has 0 bridgehead atoms. The maximum absolute atomic E-state index is 12.7. The van der Waals surface area contributed by atoms with Gasteiger partial charge in [-0.25, -0.2) is 4.99 Å². The number of aliphatic imine (C=N–C) groups is 1. The van der Waals surface area contributed by atoms with Gasteiger partial charge in [-0.2, -0.15) is 13.2 Å². The van der Waals surface area contributed by atoms with Gasteiger partial charge in [0.05, 0.1) is 16.3 Å². The molecule has 0 unspecified atom stereocenters. The van der Waals surface area contributed by atoms with Crippen LogP contribution in [0.2, 0.25) is 5.02 Å². The van der Waals surface area contributed by atoms with Crippen molar-refractivity contribution in [3.05, 3.63) is 58.6 Å². The van der Waals surface area contributed by atoms with Crippen LogP contribution in [0, 0.1) is 0 Å². The van der Waals surface area contributed by atoms with E-state index in [1.165, 1.54) is 12.1 Å². The molecule has 0 spiro atoms. The molecule has 2 rings (SSSR count). The summed E-state index contributed by atoms with van der Waals surface area (Å²) in [4.78, 5) is 4.12. The SMILES string of the molecule is CCc1ccc(Cl)c(N=C(N)Nc2cccc(C(F)(F)F)c2)c1. The minimum Gasteiger partial charge on any atom is -0.369 e. The molecule has 0 aliphatic rings. The van der Waals surface area contributed by atoms with Gasteiger partial charge in [-0.1, -0.05) is 30.7 Å². The second-order valence-electron chi connectivity index (χ2n) is 4.84. The lowest BCUT2D eigenvalue weighted by atomic mass is 10.1. The van der Waals surface area contributed by atoms with Gasteiger partial charge in [0.25, 0.3) is 0 Å². The van der Waals surface area contributed by atoms with Crippen LogP contribution in [0.15, 0.2) is 47.5 Å². The molecule has 7 heteroatoms. The maximum atomic E-state index is 12.7. The van der Waals surface area contributed by atoms with Gasteiger partial charge in [0.15, 0.2) is 5.96 Å². The molecule has 0 amide bonds. The van der Waals surface area contributed by atoms with Crippen LogP contribution in [-0.2, 0) is 12.6 Å². The van der Waals surface area contributed by atoms with Crippen LogP contribution in [0.4, 0.5) is 24.5 Å². The monoisotopic (exact) mass is 341 g/mol. The summed E-state index contributed by atoms with van der Waals surface area (Å²) in [5.41, 5.74) is 6.68. The number of nitrogens with two attached hydrogens (primary N) is 1. The van der Waals surface area contributed by atoms with Crippen LogP contribution < -0.4 is 11.1 Å². The Balaban J connectivity index is 2.23. The fourth-order valence-electron chi connectivity index (χ4n) is 1.94. The molecular weight excluding hydrogens is 327 g/mol. The van der Waals surface area contributed by atoms with Crippen molar-refractivity contribution in [2.75, 3.05) is 5.32 Å². The minimum atomic E-state index is -4.41. The molecule has 2 aromatic carbocycles. The molecule has 3 N–H and O–H groups in total. The third-order valence-electron chi connectivity index (χ3n) is 3.12. The Morgan fingerprint density at radius 2 is 1.96 bits per heavy atom. The van der Waals surface area contributed by atoms with Crippen molar-refractivity contribution in [1.82, 2.24) is 0 Å². The first-order valence-electron chi connectivity index (χ1n) is 6.86. The molecule has 0 saturated carbocycles. The summed E-state index contributed by atoms with van der Waals surface area (Å²) < 4.78 is 38.0. The highest BCUT2D eigenvalue weighted by molar-refractivity contribution is 6.33. The Morgan fingerprint density at radius 3 is 2.61 bits per heavy atom. The lowest BCUT2D eigenvalue weighted by molar-refractivity contribution is -0.137. The molecule has 2 aromatic rings. The average Bonchev–Trinajstić information content (AvgIpc) is 2.49. The highest BCUT2D eigenvalue weighted by Crippen LogP contribution is 2.31. The molecule has 0 radical (unpaired) electrons. The number of benzene rings is 2. The van der Waals surface area contributed by atoms with E-state index in [1.54, 1.807) is 12.1 Å². The highest BCUT2D eigenvalue weighted by Gasteiger charge is 2.30. The van der Waals surface area contributed by atoms with E-state index in [0.29, 0.717) is 10.7 Å². The summed E-state index contributed by atoms with van der Waals surface area (Å²) in [6.45, 7) is 1.99. The standard InChI is InChI=1S/C16H15ClF3N3/c1-2-10-6-7-13(17)14(8-10)23-15(21)22-12-5-3-4-11(9-12)16(18,19)20/h3-9H,2H2,1H3,(H3,21,22,23). The van der Waals surface area contributed by atoms with Gasteiger partial charge in [0, 0.05) is 5.69 Å². The smallest absolute Gasteiger partial charge is 0.369 e. The van der Waals surface area contributed by atoms with E-state index in [0.717, 1.165) is 24.1 Å². The second kappa shape index (κ2) is 6.91. The summed E-state index contributed by atoms with van der Waals surface area (Å²) in [5, 5.41) is 3.05. The number of hydrogen-bond donors (Lipinski definition) is 2. The average molecular weight is 342 g/mol. The van der Waals surface area contributed by atoms with E-state index in [1.807, 2.05) is 13.0 Å². The number of halogens is 4. The zero-order valence-corrected chi connectivity index (χ0v) is 13.0. The number of anilines is 1. The molecule has 0 fully saturated rings. The molecule has 0 heterocycles. The third kappa shape index (κ3) is 4.63. The normalized spacial score (nSPS) is 12.3. The van der Waals surface area contributed by atoms with Gasteiger partial charge in [0.2, 0.25) is 0 Å². The number of nitrogens with one attached hydrogen (secondary N) is 1. The van der Waals surface area contributed by atoms with Crippen LogP contribution in [0.25, 0.3) is 0 Å². The van der Waals surface area contributed by atoms with Gasteiger partial charge in [0.1, 0.15) is 0 Å². The van der Waals surface area contributed by atoms with E-state index in [4.69, 9.17) is 17.3 Å². The number of hydrogen-bond acceptors (Lipinski definition) is 1. The number of guanidine groups is 1. The summed E-state index contributed by atoms with van der Waals surface area (Å²) in [7, 11) is 0. The fourth-order valence-corrected chi connectivity index (χ4v) is 2.10. The van der Waals surface area contributed by atoms with Crippen molar-refractivity contribution in [2.24, 2.45) is 10.7 Å². The molecule has 0 aromatic heterocycles. The van der Waals surface area contributed by atoms with Gasteiger partial charge in [-0.05, 0) is 42.3 Å². The maximum Gasteiger partial charge on any atom is 0.416 e. The van der Waals surface area contributed by atoms with Crippen molar-refractivity contribution in [3.8, 4) is 0 Å². The van der Waals surface area contributed by atoms with Crippen molar-refractivity contribution in [1.29, 1.82) is 0 Å². The summed E-state index contributed by atoms with van der Waals surface area (Å²) >= 11 is 6.05. The molecular formula is C16H15ClF3N3. The summed E-state index contributed by atoms with van der Waals surface area (Å²) in [6.07, 6.45) is -3.61. The summed E-state index contributed by atoms with van der Waals surface area (Å²) in [5.74, 6) is -0.0422. The third-order valence-corrected chi connectivity index (χ3v) is 3.44. The van der Waals surface area contributed by atoms with E-state index in [-0.39, 0.29) is 11.6 Å². The van der Waals surface area contributed by atoms with Crippen LogP contribution in [0.1, 0.15) is 18.1 Å². The molecule has 0 aliphatic carbocycles. The van der Waals surface area contributed by atoms with Gasteiger partial charge in [-0.3, -0.25) is 0 Å². The van der Waals surface area contributed by atoms with Crippen molar-refractivity contribution in [3.63, 3.8) is 0 Å². The van der Waals surface area contributed by atoms with Crippen LogP contribution in [0.5, 0.6) is 0 Å². The summed E-state index contributed by atoms with van der Waals surface area (Å²) in [6, 6.07) is 10.1. The Morgan fingerprint density at radius 1 is 1.22 bits per heavy atom. The van der Waals surface area contributed by atoms with Crippen LogP contribution in [0.3, 0.4) is 0 Å². The van der Waals surface area contributed by atoms with Crippen molar-refractivity contribution < 1.29 is 13.2 Å². The first kappa shape index (κ1) is 17.1. The number of alkyl halides is 3. The number of rotatable bonds is 3. The van der Waals surface area contributed by atoms with Crippen molar-refractivity contribution >= 4 is 28.9 Å². The largest absolute Gasteiger partial charge is 0.416 e. The second-order valence-corrected chi connectivity index (χ2v) is 5.25. The molecule has 0 atom stereocenters. The highest BCUT2D eigenvalue weighted by atomic mass is 35.5. The molecule has 122 valence electrons. The topological polar surface area (TPSA) is 50.4 Å². The lowest BCUT2D eigenvalue weighted by Gasteiger charge is -2.10. The van der Waals surface area contributed by atoms with Gasteiger partial charge in [-0.15, -0.1) is 0 Å². The first-order chi connectivity index (χ1) is 10.8. The van der Waals surface area contributed by atoms with Crippen LogP contribution >= 0.6 is 11.6 Å². The van der Waals surface area contributed by atoms with E-state index < -0.39 is 11.7 Å². The molecule has 0 aliphatic heterocycles. The van der Waals surface area contributed by atoms with Crippen LogP contribution in [-0.4, -0.2) is 5.96 Å². The molecule has 3 nitrogen and oxygen atoms in total. The van der Waals surface area contributed by atoms with E-state index in [9.17, 15) is 13.2 Å². The van der Waals surface area contributed by atoms with E-state index in [2.05, 4.69) is 10.3 Å². The Kier molecular flexibility index (Phi) is 5.15. The predicted molar refractivity (Wildman–Crippen MR) is 87.2 cm³/mol. The van der Waals surface area contributed by atoms with E-state index >= 15 is 0 Å². The minimum absolute atomic E-state index is 0.0422.